The second-order valence-electron chi connectivity index (χ2n) is 7.80. The van der Waals surface area contributed by atoms with E-state index in [0.717, 1.165) is 31.2 Å². The Balaban J connectivity index is 1.94. The lowest BCUT2D eigenvalue weighted by atomic mass is 9.64. The van der Waals surface area contributed by atoms with Gasteiger partial charge in [0.1, 0.15) is 0 Å². The van der Waals surface area contributed by atoms with Crippen molar-refractivity contribution in [1.29, 1.82) is 0 Å². The smallest absolute Gasteiger partial charge is 0.0577 e. The summed E-state index contributed by atoms with van der Waals surface area (Å²) in [4.78, 5) is 0. The van der Waals surface area contributed by atoms with Gasteiger partial charge in [-0.2, -0.15) is 0 Å². The summed E-state index contributed by atoms with van der Waals surface area (Å²) in [6.07, 6.45) is 4.37. The first kappa shape index (κ1) is 22.7. The Hall–Kier alpha value is -2.46. The first-order valence-corrected chi connectivity index (χ1v) is 12.1. The van der Waals surface area contributed by atoms with E-state index in [4.69, 9.17) is 0 Å². The molecule has 1 N–H and O–H groups in total. The third-order valence-electron chi connectivity index (χ3n) is 5.94. The van der Waals surface area contributed by atoms with Crippen LogP contribution in [0.5, 0.6) is 0 Å². The lowest BCUT2D eigenvalue weighted by Crippen LogP contribution is -2.38. The van der Waals surface area contributed by atoms with Crippen molar-refractivity contribution in [3.05, 3.63) is 146 Å². The minimum absolute atomic E-state index is 0.0214. The zero-order chi connectivity index (χ0) is 22.4. The SMILES string of the molecule is OCC(c1ccccc1)(c1ccccc1)C(/C=C/c1ccc(Br)cc1)c1ccc(Br)cc1. The summed E-state index contributed by atoms with van der Waals surface area (Å²) in [5, 5.41) is 11.1. The summed E-state index contributed by atoms with van der Waals surface area (Å²) in [6.45, 7) is -0.0214. The molecule has 0 fully saturated rings. The van der Waals surface area contributed by atoms with E-state index in [9.17, 15) is 5.11 Å². The molecular weight excluding hydrogens is 524 g/mol. The summed E-state index contributed by atoms with van der Waals surface area (Å²) in [7, 11) is 0. The fraction of sp³-hybridized carbons (Fsp3) is 0.103. The predicted octanol–water partition coefficient (Wildman–Crippen LogP) is 7.99. The quantitative estimate of drug-likeness (QED) is 0.248. The van der Waals surface area contributed by atoms with Crippen LogP contribution in [0.4, 0.5) is 0 Å². The molecule has 1 nitrogen and oxygen atoms in total. The van der Waals surface area contributed by atoms with Gasteiger partial charge in [0.2, 0.25) is 0 Å². The van der Waals surface area contributed by atoms with E-state index >= 15 is 0 Å². The van der Waals surface area contributed by atoms with Crippen molar-refractivity contribution < 1.29 is 5.11 Å². The molecule has 0 saturated heterocycles. The second-order valence-corrected chi connectivity index (χ2v) is 9.63. The topological polar surface area (TPSA) is 20.2 Å². The molecule has 3 heteroatoms. The summed E-state index contributed by atoms with van der Waals surface area (Å²) in [5.74, 6) is -0.0888. The first-order valence-electron chi connectivity index (χ1n) is 10.5. The highest BCUT2D eigenvalue weighted by molar-refractivity contribution is 9.10. The second kappa shape index (κ2) is 10.4. The average Bonchev–Trinajstić information content (AvgIpc) is 2.85. The monoisotopic (exact) mass is 546 g/mol. The number of aliphatic hydroxyl groups excluding tert-OH is 1. The van der Waals surface area contributed by atoms with Gasteiger partial charge in [-0.15, -0.1) is 0 Å². The van der Waals surface area contributed by atoms with Gasteiger partial charge in [-0.1, -0.05) is 129 Å². The summed E-state index contributed by atoms with van der Waals surface area (Å²) >= 11 is 7.07. The first-order chi connectivity index (χ1) is 15.6. The van der Waals surface area contributed by atoms with E-state index in [2.05, 4.69) is 105 Å². The molecule has 4 aromatic rings. The van der Waals surface area contributed by atoms with Crippen LogP contribution in [-0.2, 0) is 5.41 Å². The molecule has 4 aromatic carbocycles. The van der Waals surface area contributed by atoms with Crippen LogP contribution in [0.25, 0.3) is 6.08 Å². The number of benzene rings is 4. The summed E-state index contributed by atoms with van der Waals surface area (Å²) < 4.78 is 2.09. The van der Waals surface area contributed by atoms with Crippen molar-refractivity contribution in [2.24, 2.45) is 0 Å². The number of rotatable bonds is 7. The van der Waals surface area contributed by atoms with Crippen molar-refractivity contribution in [1.82, 2.24) is 0 Å². The Morgan fingerprint density at radius 2 is 1.12 bits per heavy atom. The van der Waals surface area contributed by atoms with Gasteiger partial charge in [0.25, 0.3) is 0 Å². The molecule has 0 aliphatic heterocycles. The normalized spacial score (nSPS) is 12.7. The highest BCUT2D eigenvalue weighted by atomic mass is 79.9. The number of halogens is 2. The van der Waals surface area contributed by atoms with Crippen LogP contribution in [0, 0.1) is 0 Å². The lowest BCUT2D eigenvalue weighted by Gasteiger charge is -2.40. The summed E-state index contributed by atoms with van der Waals surface area (Å²) in [6, 6.07) is 37.3. The van der Waals surface area contributed by atoms with E-state index < -0.39 is 5.41 Å². The van der Waals surface area contributed by atoms with Crippen LogP contribution < -0.4 is 0 Å². The van der Waals surface area contributed by atoms with Crippen LogP contribution in [0.2, 0.25) is 0 Å². The third-order valence-corrected chi connectivity index (χ3v) is 7.00. The minimum atomic E-state index is -0.637. The third kappa shape index (κ3) is 4.80. The Labute approximate surface area is 206 Å². The maximum atomic E-state index is 11.1. The van der Waals surface area contributed by atoms with Crippen LogP contribution in [0.3, 0.4) is 0 Å². The average molecular weight is 548 g/mol. The molecule has 0 saturated carbocycles. The fourth-order valence-corrected chi connectivity index (χ4v) is 4.82. The molecule has 0 aromatic heterocycles. The molecular formula is C29H24Br2O. The molecule has 0 aliphatic rings. The zero-order valence-corrected chi connectivity index (χ0v) is 20.7. The number of aliphatic hydroxyl groups is 1. The van der Waals surface area contributed by atoms with Gasteiger partial charge in [0.15, 0.2) is 0 Å². The Bertz CT molecular complexity index is 1110. The van der Waals surface area contributed by atoms with Crippen molar-refractivity contribution in [2.75, 3.05) is 6.61 Å². The van der Waals surface area contributed by atoms with E-state index in [0.29, 0.717) is 0 Å². The van der Waals surface area contributed by atoms with Gasteiger partial charge in [0.05, 0.1) is 12.0 Å². The van der Waals surface area contributed by atoms with Crippen molar-refractivity contribution >= 4 is 37.9 Å². The molecule has 0 spiro atoms. The zero-order valence-electron chi connectivity index (χ0n) is 17.5. The molecule has 160 valence electrons. The molecule has 1 unspecified atom stereocenters. The Morgan fingerprint density at radius 1 is 0.656 bits per heavy atom. The van der Waals surface area contributed by atoms with E-state index in [-0.39, 0.29) is 12.5 Å². The van der Waals surface area contributed by atoms with E-state index in [1.54, 1.807) is 0 Å². The molecule has 0 radical (unpaired) electrons. The molecule has 4 rings (SSSR count). The molecule has 0 amide bonds. The van der Waals surface area contributed by atoms with Gasteiger partial charge >= 0.3 is 0 Å². The van der Waals surface area contributed by atoms with Gasteiger partial charge in [-0.05, 0) is 46.5 Å². The van der Waals surface area contributed by atoms with Gasteiger partial charge in [-0.3, -0.25) is 0 Å². The van der Waals surface area contributed by atoms with Crippen molar-refractivity contribution in [3.8, 4) is 0 Å². The highest BCUT2D eigenvalue weighted by Crippen LogP contribution is 2.45. The van der Waals surface area contributed by atoms with Crippen LogP contribution >= 0.6 is 31.9 Å². The maximum Gasteiger partial charge on any atom is 0.0577 e. The largest absolute Gasteiger partial charge is 0.395 e. The standard InChI is InChI=1S/C29H24Br2O/c30-26-16-11-22(12-17-26)13-20-28(23-14-18-27(31)19-15-23)29(21-32,24-7-3-1-4-8-24)25-9-5-2-6-10-25/h1-20,28,32H,21H2/b20-13+. The molecule has 1 atom stereocenters. The van der Waals surface area contributed by atoms with Crippen molar-refractivity contribution in [2.45, 2.75) is 11.3 Å². The van der Waals surface area contributed by atoms with E-state index in [1.165, 1.54) is 0 Å². The van der Waals surface area contributed by atoms with Crippen LogP contribution in [-0.4, -0.2) is 11.7 Å². The Kier molecular flexibility index (Phi) is 7.41. The summed E-state index contributed by atoms with van der Waals surface area (Å²) in [5.41, 5.74) is 3.79. The maximum absolute atomic E-state index is 11.1. The lowest BCUT2D eigenvalue weighted by molar-refractivity contribution is 0.207. The number of hydrogen-bond acceptors (Lipinski definition) is 1. The minimum Gasteiger partial charge on any atom is -0.395 e. The molecule has 32 heavy (non-hydrogen) atoms. The number of hydrogen-bond donors (Lipinski definition) is 1. The molecule has 0 bridgehead atoms. The molecule has 0 aliphatic carbocycles. The molecule has 0 heterocycles. The van der Waals surface area contributed by atoms with Crippen molar-refractivity contribution in [3.63, 3.8) is 0 Å². The number of allylic oxidation sites excluding steroid dienone is 1. The van der Waals surface area contributed by atoms with Gasteiger partial charge in [0, 0.05) is 14.9 Å². The van der Waals surface area contributed by atoms with Gasteiger partial charge in [-0.25, -0.2) is 0 Å². The highest BCUT2D eigenvalue weighted by Gasteiger charge is 2.41. The van der Waals surface area contributed by atoms with E-state index in [1.807, 2.05) is 48.5 Å². The fourth-order valence-electron chi connectivity index (χ4n) is 4.29. The Morgan fingerprint density at radius 3 is 1.59 bits per heavy atom. The van der Waals surface area contributed by atoms with Crippen LogP contribution in [0.1, 0.15) is 28.2 Å². The van der Waals surface area contributed by atoms with Gasteiger partial charge < -0.3 is 5.11 Å². The predicted molar refractivity (Wildman–Crippen MR) is 141 cm³/mol. The van der Waals surface area contributed by atoms with Crippen LogP contribution in [0.15, 0.2) is 124 Å².